The highest BCUT2D eigenvalue weighted by atomic mass is 16.5. The summed E-state index contributed by atoms with van der Waals surface area (Å²) >= 11 is 0. The fourth-order valence-electron chi connectivity index (χ4n) is 3.59. The molecule has 2 bridgehead atoms. The zero-order chi connectivity index (χ0) is 13.9. The van der Waals surface area contributed by atoms with Crippen molar-refractivity contribution in [3.05, 3.63) is 48.0 Å². The Hall–Kier alpha value is -1.94. The second-order valence-electron chi connectivity index (χ2n) is 5.63. The van der Waals surface area contributed by atoms with Gasteiger partial charge in [-0.1, -0.05) is 42.5 Å². The summed E-state index contributed by atoms with van der Waals surface area (Å²) < 4.78 is 5.63. The first-order valence-electron chi connectivity index (χ1n) is 6.94. The Bertz CT molecular complexity index is 579. The maximum absolute atomic E-state index is 12.6. The predicted octanol–water partition coefficient (Wildman–Crippen LogP) is 1.69. The molecule has 3 heterocycles. The van der Waals surface area contributed by atoms with E-state index < -0.39 is 0 Å². The van der Waals surface area contributed by atoms with E-state index >= 15 is 0 Å². The summed E-state index contributed by atoms with van der Waals surface area (Å²) in [6, 6.07) is 9.45. The zero-order valence-corrected chi connectivity index (χ0v) is 11.1. The number of hydrogen-bond donors (Lipinski definition) is 0. The van der Waals surface area contributed by atoms with Crippen molar-refractivity contribution in [1.82, 2.24) is 4.90 Å². The van der Waals surface area contributed by atoms with Crippen LogP contribution < -0.4 is 0 Å². The molecule has 102 valence electrons. The van der Waals surface area contributed by atoms with Gasteiger partial charge in [-0.05, 0) is 12.5 Å². The highest BCUT2D eigenvalue weighted by molar-refractivity contribution is 6.07. The molecule has 0 unspecified atom stereocenters. The molecular formula is C16H15NO3. The van der Waals surface area contributed by atoms with E-state index in [1.165, 1.54) is 4.90 Å². The van der Waals surface area contributed by atoms with E-state index in [0.717, 1.165) is 5.56 Å². The Morgan fingerprint density at radius 2 is 1.55 bits per heavy atom. The molecule has 2 fully saturated rings. The van der Waals surface area contributed by atoms with Crippen molar-refractivity contribution >= 4 is 11.8 Å². The van der Waals surface area contributed by atoms with Gasteiger partial charge in [-0.25, -0.2) is 0 Å². The number of carbonyl (C=O) groups is 2. The smallest absolute Gasteiger partial charge is 0.236 e. The maximum Gasteiger partial charge on any atom is 0.236 e. The molecule has 20 heavy (non-hydrogen) atoms. The van der Waals surface area contributed by atoms with Crippen LogP contribution in [0.2, 0.25) is 0 Å². The molecule has 0 spiro atoms. The number of nitrogens with zero attached hydrogens (tertiary/aromatic N) is 1. The molecule has 2 saturated heterocycles. The predicted molar refractivity (Wildman–Crippen MR) is 71.5 cm³/mol. The Morgan fingerprint density at radius 3 is 2.10 bits per heavy atom. The average molecular weight is 269 g/mol. The van der Waals surface area contributed by atoms with Crippen LogP contribution >= 0.6 is 0 Å². The lowest BCUT2D eigenvalue weighted by Crippen LogP contribution is -2.36. The Kier molecular flexibility index (Phi) is 2.39. The van der Waals surface area contributed by atoms with Crippen LogP contribution in [0.25, 0.3) is 0 Å². The molecule has 3 aliphatic heterocycles. The molecule has 0 N–H and O–H groups in total. The largest absolute Gasteiger partial charge is 0.365 e. The molecule has 0 saturated carbocycles. The average Bonchev–Trinajstić information content (AvgIpc) is 3.14. The van der Waals surface area contributed by atoms with Crippen LogP contribution in [0.15, 0.2) is 42.5 Å². The van der Waals surface area contributed by atoms with Crippen molar-refractivity contribution < 1.29 is 14.3 Å². The van der Waals surface area contributed by atoms with Crippen LogP contribution in [0.3, 0.4) is 0 Å². The van der Waals surface area contributed by atoms with Gasteiger partial charge in [0.1, 0.15) is 0 Å². The van der Waals surface area contributed by atoms with Gasteiger partial charge in [0.05, 0.1) is 30.1 Å². The van der Waals surface area contributed by atoms with Crippen LogP contribution in [0.4, 0.5) is 0 Å². The quantitative estimate of drug-likeness (QED) is 0.606. The van der Waals surface area contributed by atoms with Crippen molar-refractivity contribution in [2.75, 3.05) is 0 Å². The molecule has 5 atom stereocenters. The second-order valence-corrected chi connectivity index (χ2v) is 5.63. The van der Waals surface area contributed by atoms with Gasteiger partial charge in [0.2, 0.25) is 11.8 Å². The number of hydrogen-bond acceptors (Lipinski definition) is 3. The topological polar surface area (TPSA) is 46.6 Å². The van der Waals surface area contributed by atoms with Gasteiger partial charge < -0.3 is 4.74 Å². The first-order valence-corrected chi connectivity index (χ1v) is 6.94. The van der Waals surface area contributed by atoms with Crippen molar-refractivity contribution in [2.45, 2.75) is 25.2 Å². The molecule has 1 aromatic carbocycles. The van der Waals surface area contributed by atoms with Crippen LogP contribution in [0.5, 0.6) is 0 Å². The lowest BCUT2D eigenvalue weighted by Gasteiger charge is -2.25. The molecule has 4 nitrogen and oxygen atoms in total. The van der Waals surface area contributed by atoms with Crippen molar-refractivity contribution in [2.24, 2.45) is 11.8 Å². The molecule has 1 aromatic rings. The van der Waals surface area contributed by atoms with Crippen molar-refractivity contribution in [3.8, 4) is 0 Å². The minimum Gasteiger partial charge on any atom is -0.365 e. The van der Waals surface area contributed by atoms with E-state index in [1.807, 2.05) is 49.4 Å². The number of fused-ring (bicyclic) bond motifs is 5. The number of amides is 2. The Labute approximate surface area is 117 Å². The number of imide groups is 1. The molecule has 3 aliphatic rings. The first-order chi connectivity index (χ1) is 9.68. The lowest BCUT2D eigenvalue weighted by atomic mass is 9.85. The summed E-state index contributed by atoms with van der Waals surface area (Å²) in [5.41, 5.74) is 0.982. The highest BCUT2D eigenvalue weighted by Gasteiger charge is 2.61. The molecule has 0 radical (unpaired) electrons. The summed E-state index contributed by atoms with van der Waals surface area (Å²) in [6.07, 6.45) is 3.39. The lowest BCUT2D eigenvalue weighted by molar-refractivity contribution is -0.144. The number of carbonyl (C=O) groups excluding carboxylic acids is 2. The highest BCUT2D eigenvalue weighted by Crippen LogP contribution is 2.47. The van der Waals surface area contributed by atoms with Gasteiger partial charge in [0.25, 0.3) is 0 Å². The maximum atomic E-state index is 12.6. The molecule has 0 aromatic heterocycles. The SMILES string of the molecule is C[C@@H](c1ccccc1)N1C(=O)[C@@H]2[C@H](C1=O)[C@@H]1C=C[C@H]2O1. The number of likely N-dealkylation sites (tertiary alicyclic amines) is 1. The van der Waals surface area contributed by atoms with Crippen LogP contribution in [-0.4, -0.2) is 28.9 Å². The van der Waals surface area contributed by atoms with Crippen LogP contribution in [0.1, 0.15) is 18.5 Å². The third-order valence-corrected chi connectivity index (χ3v) is 4.61. The monoisotopic (exact) mass is 269 g/mol. The minimum absolute atomic E-state index is 0.0896. The molecule has 0 aliphatic carbocycles. The van der Waals surface area contributed by atoms with Gasteiger partial charge in [-0.2, -0.15) is 0 Å². The van der Waals surface area contributed by atoms with Crippen LogP contribution in [0, 0.1) is 11.8 Å². The van der Waals surface area contributed by atoms with E-state index in [2.05, 4.69) is 0 Å². The zero-order valence-electron chi connectivity index (χ0n) is 11.1. The second kappa shape index (κ2) is 4.03. The van der Waals surface area contributed by atoms with Crippen LogP contribution in [-0.2, 0) is 14.3 Å². The Balaban J connectivity index is 1.68. The van der Waals surface area contributed by atoms with Crippen molar-refractivity contribution in [1.29, 1.82) is 0 Å². The number of benzene rings is 1. The Morgan fingerprint density at radius 1 is 1.00 bits per heavy atom. The van der Waals surface area contributed by atoms with E-state index in [9.17, 15) is 9.59 Å². The number of ether oxygens (including phenoxy) is 1. The summed E-state index contributed by atoms with van der Waals surface area (Å²) in [5, 5.41) is 0. The fraction of sp³-hybridized carbons (Fsp3) is 0.375. The van der Waals surface area contributed by atoms with Gasteiger partial charge in [-0.3, -0.25) is 14.5 Å². The summed E-state index contributed by atoms with van der Waals surface area (Å²) in [4.78, 5) is 26.6. The minimum atomic E-state index is -0.316. The third-order valence-electron chi connectivity index (χ3n) is 4.61. The summed E-state index contributed by atoms with van der Waals surface area (Å²) in [7, 11) is 0. The molecule has 4 rings (SSSR count). The van der Waals surface area contributed by atoms with Gasteiger partial charge in [-0.15, -0.1) is 0 Å². The molecular weight excluding hydrogens is 254 g/mol. The summed E-state index contributed by atoms with van der Waals surface area (Å²) in [5.74, 6) is -0.811. The fourth-order valence-corrected chi connectivity index (χ4v) is 3.59. The van der Waals surface area contributed by atoms with Crippen molar-refractivity contribution in [3.63, 3.8) is 0 Å². The standard InChI is InChI=1S/C16H15NO3/c1-9(10-5-3-2-4-6-10)17-15(18)13-11-7-8-12(20-11)14(13)16(17)19/h2-9,11-14H,1H3/t9-,11-,12+,13+,14-/m0/s1. The molecule has 2 amide bonds. The first kappa shape index (κ1) is 11.9. The van der Waals surface area contributed by atoms with Gasteiger partial charge >= 0.3 is 0 Å². The van der Waals surface area contributed by atoms with Gasteiger partial charge in [0, 0.05) is 0 Å². The summed E-state index contributed by atoms with van der Waals surface area (Å²) in [6.45, 7) is 1.91. The van der Waals surface area contributed by atoms with E-state index in [0.29, 0.717) is 0 Å². The number of rotatable bonds is 2. The molecule has 4 heteroatoms. The van der Waals surface area contributed by atoms with E-state index in [-0.39, 0.29) is 41.9 Å². The normalized spacial score (nSPS) is 35.8. The van der Waals surface area contributed by atoms with E-state index in [1.54, 1.807) is 0 Å². The third kappa shape index (κ3) is 1.40. The van der Waals surface area contributed by atoms with Gasteiger partial charge in [0.15, 0.2) is 0 Å². The van der Waals surface area contributed by atoms with E-state index in [4.69, 9.17) is 4.74 Å².